The smallest absolute Gasteiger partial charge is 0.407 e. The van der Waals surface area contributed by atoms with E-state index in [4.69, 9.17) is 9.84 Å². The fourth-order valence-electron chi connectivity index (χ4n) is 2.03. The van der Waals surface area contributed by atoms with Crippen LogP contribution in [0.4, 0.5) is 4.79 Å². The van der Waals surface area contributed by atoms with E-state index in [-0.39, 0.29) is 5.69 Å². The van der Waals surface area contributed by atoms with Gasteiger partial charge in [0, 0.05) is 29.4 Å². The van der Waals surface area contributed by atoms with E-state index in [0.29, 0.717) is 13.0 Å². The predicted octanol–water partition coefficient (Wildman–Crippen LogP) is 3.13. The number of carboxylic acids is 1. The summed E-state index contributed by atoms with van der Waals surface area (Å²) in [5.74, 6) is 4.96. The SMILES string of the molecule is CC(C)(C)OC(=O)NCCC#Cc1ccc2cc(C(=O)O)[nH]c2c1. The van der Waals surface area contributed by atoms with Crippen LogP contribution in [0.5, 0.6) is 0 Å². The van der Waals surface area contributed by atoms with Crippen molar-refractivity contribution in [1.82, 2.24) is 10.3 Å². The third-order valence-electron chi connectivity index (χ3n) is 3.00. The lowest BCUT2D eigenvalue weighted by molar-refractivity contribution is 0.0528. The zero-order valence-electron chi connectivity index (χ0n) is 13.9. The molecule has 0 saturated carbocycles. The molecule has 1 heterocycles. The number of carboxylic acid groups (broad SMARTS) is 1. The van der Waals surface area contributed by atoms with Crippen molar-refractivity contribution in [2.75, 3.05) is 6.54 Å². The number of H-pyrrole nitrogens is 1. The van der Waals surface area contributed by atoms with Crippen LogP contribution in [-0.2, 0) is 4.74 Å². The molecule has 0 spiro atoms. The molecule has 0 fully saturated rings. The summed E-state index contributed by atoms with van der Waals surface area (Å²) in [5.41, 5.74) is 1.14. The monoisotopic (exact) mass is 328 g/mol. The van der Waals surface area contributed by atoms with Crippen LogP contribution in [0.3, 0.4) is 0 Å². The van der Waals surface area contributed by atoms with Gasteiger partial charge in [-0.15, -0.1) is 0 Å². The Labute approximate surface area is 140 Å². The number of carbonyl (C=O) groups is 2. The fraction of sp³-hybridized carbons (Fsp3) is 0.333. The summed E-state index contributed by atoms with van der Waals surface area (Å²) >= 11 is 0. The maximum absolute atomic E-state index is 11.5. The van der Waals surface area contributed by atoms with Crippen molar-refractivity contribution in [2.24, 2.45) is 0 Å². The molecule has 2 rings (SSSR count). The highest BCUT2D eigenvalue weighted by Gasteiger charge is 2.15. The number of amides is 1. The first-order valence-electron chi connectivity index (χ1n) is 7.56. The number of aromatic nitrogens is 1. The maximum atomic E-state index is 11.5. The van der Waals surface area contributed by atoms with Gasteiger partial charge in [-0.2, -0.15) is 0 Å². The molecule has 0 aliphatic heterocycles. The highest BCUT2D eigenvalue weighted by Crippen LogP contribution is 2.16. The van der Waals surface area contributed by atoms with Gasteiger partial charge in [-0.25, -0.2) is 9.59 Å². The Morgan fingerprint density at radius 1 is 1.29 bits per heavy atom. The van der Waals surface area contributed by atoms with Gasteiger partial charge in [0.15, 0.2) is 0 Å². The van der Waals surface area contributed by atoms with Crippen LogP contribution in [0.1, 0.15) is 43.2 Å². The van der Waals surface area contributed by atoms with Gasteiger partial charge in [-0.1, -0.05) is 17.9 Å². The third-order valence-corrected chi connectivity index (χ3v) is 3.00. The molecule has 0 aliphatic rings. The van der Waals surface area contributed by atoms with Gasteiger partial charge in [-0.3, -0.25) is 0 Å². The number of nitrogens with one attached hydrogen (secondary N) is 2. The Kier molecular flexibility index (Phi) is 5.14. The van der Waals surface area contributed by atoms with Crippen LogP contribution in [0.15, 0.2) is 24.3 Å². The average molecular weight is 328 g/mol. The lowest BCUT2D eigenvalue weighted by Gasteiger charge is -2.19. The van der Waals surface area contributed by atoms with Gasteiger partial charge < -0.3 is 20.1 Å². The zero-order chi connectivity index (χ0) is 17.7. The molecule has 1 aromatic heterocycles. The number of rotatable bonds is 3. The van der Waals surface area contributed by atoms with Gasteiger partial charge in [-0.05, 0) is 39.0 Å². The van der Waals surface area contributed by atoms with E-state index < -0.39 is 17.7 Å². The van der Waals surface area contributed by atoms with Crippen LogP contribution in [0.2, 0.25) is 0 Å². The average Bonchev–Trinajstić information content (AvgIpc) is 2.88. The van der Waals surface area contributed by atoms with Crippen LogP contribution in [0.25, 0.3) is 10.9 Å². The van der Waals surface area contributed by atoms with Crippen LogP contribution >= 0.6 is 0 Å². The number of aromatic amines is 1. The molecule has 1 aromatic carbocycles. The molecule has 6 nitrogen and oxygen atoms in total. The van der Waals surface area contributed by atoms with E-state index in [1.165, 1.54) is 0 Å². The molecule has 24 heavy (non-hydrogen) atoms. The van der Waals surface area contributed by atoms with E-state index in [9.17, 15) is 9.59 Å². The van der Waals surface area contributed by atoms with Gasteiger partial charge in [0.05, 0.1) is 0 Å². The lowest BCUT2D eigenvalue weighted by atomic mass is 10.1. The summed E-state index contributed by atoms with van der Waals surface area (Å²) in [5, 5.41) is 12.4. The Bertz CT molecular complexity index is 819. The molecule has 3 N–H and O–H groups in total. The molecular weight excluding hydrogens is 308 g/mol. The standard InChI is InChI=1S/C18H20N2O4/c1-18(2,3)24-17(23)19-9-5-4-6-12-7-8-13-11-15(16(21)22)20-14(13)10-12/h7-8,10-11,20H,5,9H2,1-3H3,(H,19,23)(H,21,22). The summed E-state index contributed by atoms with van der Waals surface area (Å²) in [4.78, 5) is 25.2. The second kappa shape index (κ2) is 7.09. The predicted molar refractivity (Wildman–Crippen MR) is 91.0 cm³/mol. The number of alkyl carbamates (subject to hydrolysis) is 1. The Morgan fingerprint density at radius 2 is 2.04 bits per heavy atom. The molecule has 0 bridgehead atoms. The van der Waals surface area contributed by atoms with Crippen molar-refractivity contribution in [3.05, 3.63) is 35.5 Å². The lowest BCUT2D eigenvalue weighted by Crippen LogP contribution is -2.32. The second-order valence-corrected chi connectivity index (χ2v) is 6.27. The molecule has 126 valence electrons. The number of hydrogen-bond acceptors (Lipinski definition) is 3. The number of benzene rings is 1. The first-order chi connectivity index (χ1) is 11.2. The molecular formula is C18H20N2O4. The Hall–Kier alpha value is -2.94. The number of fused-ring (bicyclic) bond motifs is 1. The third kappa shape index (κ3) is 5.06. The van der Waals surface area contributed by atoms with Gasteiger partial charge >= 0.3 is 12.1 Å². The van der Waals surface area contributed by atoms with Crippen LogP contribution < -0.4 is 5.32 Å². The quantitative estimate of drug-likeness (QED) is 0.596. The topological polar surface area (TPSA) is 91.4 Å². The Morgan fingerprint density at radius 3 is 2.71 bits per heavy atom. The highest BCUT2D eigenvalue weighted by molar-refractivity contribution is 5.94. The highest BCUT2D eigenvalue weighted by atomic mass is 16.6. The maximum Gasteiger partial charge on any atom is 0.407 e. The van der Waals surface area contributed by atoms with E-state index >= 15 is 0 Å². The molecule has 2 aromatic rings. The van der Waals surface area contributed by atoms with Gasteiger partial charge in [0.25, 0.3) is 0 Å². The fourth-order valence-corrected chi connectivity index (χ4v) is 2.03. The van der Waals surface area contributed by atoms with Crippen molar-refractivity contribution < 1.29 is 19.4 Å². The van der Waals surface area contributed by atoms with E-state index in [1.807, 2.05) is 12.1 Å². The Balaban J connectivity index is 1.90. The largest absolute Gasteiger partial charge is 0.477 e. The van der Waals surface area contributed by atoms with E-state index in [0.717, 1.165) is 16.5 Å². The molecule has 1 amide bonds. The number of aromatic carboxylic acids is 1. The summed E-state index contributed by atoms with van der Waals surface area (Å²) in [6.45, 7) is 5.81. The number of hydrogen-bond donors (Lipinski definition) is 3. The number of carbonyl (C=O) groups excluding carboxylic acids is 1. The van der Waals surface area contributed by atoms with Crippen molar-refractivity contribution >= 4 is 23.0 Å². The molecule has 0 atom stereocenters. The van der Waals surface area contributed by atoms with E-state index in [1.54, 1.807) is 32.9 Å². The van der Waals surface area contributed by atoms with Gasteiger partial charge in [0.2, 0.25) is 0 Å². The number of ether oxygens (including phenoxy) is 1. The molecule has 0 saturated heterocycles. The van der Waals surface area contributed by atoms with Crippen molar-refractivity contribution in [2.45, 2.75) is 32.8 Å². The molecule has 6 heteroatoms. The second-order valence-electron chi connectivity index (χ2n) is 6.27. The summed E-state index contributed by atoms with van der Waals surface area (Å²) < 4.78 is 5.12. The van der Waals surface area contributed by atoms with Crippen molar-refractivity contribution in [3.8, 4) is 11.8 Å². The minimum absolute atomic E-state index is 0.150. The van der Waals surface area contributed by atoms with Crippen LogP contribution in [0, 0.1) is 11.8 Å². The van der Waals surface area contributed by atoms with Crippen LogP contribution in [-0.4, -0.2) is 34.3 Å². The minimum Gasteiger partial charge on any atom is -0.477 e. The molecule has 0 radical (unpaired) electrons. The summed E-state index contributed by atoms with van der Waals surface area (Å²) in [6.07, 6.45) is 0.0286. The molecule has 0 aliphatic carbocycles. The van der Waals surface area contributed by atoms with Gasteiger partial charge in [0.1, 0.15) is 11.3 Å². The first kappa shape index (κ1) is 17.4. The normalized spacial score (nSPS) is 10.8. The summed E-state index contributed by atoms with van der Waals surface area (Å²) in [6, 6.07) is 7.03. The molecule has 0 unspecified atom stereocenters. The van der Waals surface area contributed by atoms with Crippen molar-refractivity contribution in [3.63, 3.8) is 0 Å². The van der Waals surface area contributed by atoms with Crippen molar-refractivity contribution in [1.29, 1.82) is 0 Å². The summed E-state index contributed by atoms with van der Waals surface area (Å²) in [7, 11) is 0. The minimum atomic E-state index is -0.993. The first-order valence-corrected chi connectivity index (χ1v) is 7.56. The zero-order valence-corrected chi connectivity index (χ0v) is 13.9. The van der Waals surface area contributed by atoms with E-state index in [2.05, 4.69) is 22.1 Å².